The maximum Gasteiger partial charge on any atom is 0.142 e. The van der Waals surface area contributed by atoms with Crippen molar-refractivity contribution in [2.24, 2.45) is 0 Å². The highest BCUT2D eigenvalue weighted by Crippen LogP contribution is 2.32. The number of benzene rings is 2. The predicted octanol–water partition coefficient (Wildman–Crippen LogP) is 4.07. The maximum atomic E-state index is 14.1. The summed E-state index contributed by atoms with van der Waals surface area (Å²) >= 11 is 0. The van der Waals surface area contributed by atoms with E-state index in [-0.39, 0.29) is 17.2 Å². The average molecular weight is 332 g/mol. The van der Waals surface area contributed by atoms with Crippen LogP contribution in [0.5, 0.6) is 0 Å². The van der Waals surface area contributed by atoms with Crippen molar-refractivity contribution in [3.8, 4) is 28.5 Å². The molecule has 124 valence electrons. The second-order valence-corrected chi connectivity index (χ2v) is 5.85. The number of nitrogens with two attached hydrogens (primary N) is 1. The third kappa shape index (κ3) is 3.15. The van der Waals surface area contributed by atoms with Gasteiger partial charge in [-0.3, -0.25) is 0 Å². The molecule has 3 rings (SSSR count). The maximum absolute atomic E-state index is 14.1. The van der Waals surface area contributed by atoms with Crippen molar-refractivity contribution in [1.82, 2.24) is 4.98 Å². The molecule has 0 radical (unpaired) electrons. The van der Waals surface area contributed by atoms with Crippen LogP contribution in [0.15, 0.2) is 54.6 Å². The molecule has 0 atom stereocenters. The van der Waals surface area contributed by atoms with Gasteiger partial charge in [0, 0.05) is 30.9 Å². The third-order valence-electron chi connectivity index (χ3n) is 4.00. The van der Waals surface area contributed by atoms with Crippen LogP contribution in [0.1, 0.15) is 5.56 Å². The van der Waals surface area contributed by atoms with Gasteiger partial charge >= 0.3 is 0 Å². The highest BCUT2D eigenvalue weighted by Gasteiger charge is 2.15. The molecule has 1 heterocycles. The smallest absolute Gasteiger partial charge is 0.142 e. The standard InChI is InChI=1S/C20H17FN4/c1-25(2)14-9-7-13(8-10-14)16-11-19(24-20(23)17(16)12-22)15-5-3-4-6-18(15)21/h3-11H,1-2H3,(H2,23,24). The molecule has 0 fully saturated rings. The zero-order valence-electron chi connectivity index (χ0n) is 14.0. The van der Waals surface area contributed by atoms with Gasteiger partial charge in [0.15, 0.2) is 0 Å². The van der Waals surface area contributed by atoms with Crippen molar-refractivity contribution < 1.29 is 4.39 Å². The molecule has 0 aliphatic carbocycles. The van der Waals surface area contributed by atoms with E-state index < -0.39 is 0 Å². The zero-order valence-corrected chi connectivity index (χ0v) is 14.0. The molecule has 0 unspecified atom stereocenters. The van der Waals surface area contributed by atoms with Crippen LogP contribution in [-0.2, 0) is 0 Å². The summed E-state index contributed by atoms with van der Waals surface area (Å²) in [6, 6.07) is 17.9. The van der Waals surface area contributed by atoms with E-state index >= 15 is 0 Å². The monoisotopic (exact) mass is 332 g/mol. The van der Waals surface area contributed by atoms with Crippen LogP contribution in [0, 0.1) is 17.1 Å². The van der Waals surface area contributed by atoms with Gasteiger partial charge in [-0.1, -0.05) is 24.3 Å². The number of nitriles is 1. The Kier molecular flexibility index (Phi) is 4.36. The van der Waals surface area contributed by atoms with E-state index in [1.807, 2.05) is 43.3 Å². The summed E-state index contributed by atoms with van der Waals surface area (Å²) < 4.78 is 14.1. The topological polar surface area (TPSA) is 65.9 Å². The van der Waals surface area contributed by atoms with Crippen LogP contribution >= 0.6 is 0 Å². The Morgan fingerprint density at radius 2 is 1.72 bits per heavy atom. The van der Waals surface area contributed by atoms with Crippen LogP contribution in [0.3, 0.4) is 0 Å². The Labute approximate surface area is 146 Å². The lowest BCUT2D eigenvalue weighted by Gasteiger charge is -2.14. The van der Waals surface area contributed by atoms with E-state index in [9.17, 15) is 9.65 Å². The molecule has 0 saturated heterocycles. The van der Waals surface area contributed by atoms with Crippen LogP contribution in [-0.4, -0.2) is 19.1 Å². The zero-order chi connectivity index (χ0) is 18.0. The molecule has 0 saturated carbocycles. The van der Waals surface area contributed by atoms with Gasteiger partial charge in [0.2, 0.25) is 0 Å². The number of hydrogen-bond acceptors (Lipinski definition) is 4. The van der Waals surface area contributed by atoms with Gasteiger partial charge in [-0.05, 0) is 35.9 Å². The number of rotatable bonds is 3. The minimum absolute atomic E-state index is 0.0925. The largest absolute Gasteiger partial charge is 0.383 e. The fourth-order valence-electron chi connectivity index (χ4n) is 2.66. The van der Waals surface area contributed by atoms with E-state index in [0.29, 0.717) is 16.8 Å². The molecule has 0 aliphatic heterocycles. The molecule has 5 heteroatoms. The molecular weight excluding hydrogens is 315 g/mol. The van der Waals surface area contributed by atoms with Gasteiger partial charge in [0.1, 0.15) is 23.3 Å². The van der Waals surface area contributed by atoms with Crippen molar-refractivity contribution in [2.45, 2.75) is 0 Å². The lowest BCUT2D eigenvalue weighted by molar-refractivity contribution is 0.631. The average Bonchev–Trinajstić information content (AvgIpc) is 2.61. The molecule has 2 aromatic carbocycles. The quantitative estimate of drug-likeness (QED) is 0.785. The first-order valence-corrected chi connectivity index (χ1v) is 7.74. The number of nitrogens with zero attached hydrogens (tertiary/aromatic N) is 3. The third-order valence-corrected chi connectivity index (χ3v) is 4.00. The van der Waals surface area contributed by atoms with Crippen LogP contribution < -0.4 is 10.6 Å². The van der Waals surface area contributed by atoms with E-state index in [4.69, 9.17) is 5.73 Å². The first-order valence-electron chi connectivity index (χ1n) is 7.74. The molecule has 1 aromatic heterocycles. The Bertz CT molecular complexity index is 956. The van der Waals surface area contributed by atoms with Crippen molar-refractivity contribution in [3.63, 3.8) is 0 Å². The molecule has 4 nitrogen and oxygen atoms in total. The van der Waals surface area contributed by atoms with Gasteiger partial charge in [-0.2, -0.15) is 5.26 Å². The Hall–Kier alpha value is -3.39. The van der Waals surface area contributed by atoms with Gasteiger partial charge in [-0.15, -0.1) is 0 Å². The SMILES string of the molecule is CN(C)c1ccc(-c2cc(-c3ccccc3F)nc(N)c2C#N)cc1. The Balaban J connectivity index is 2.18. The summed E-state index contributed by atoms with van der Waals surface area (Å²) in [5.74, 6) is -0.289. The lowest BCUT2D eigenvalue weighted by Crippen LogP contribution is -2.08. The highest BCUT2D eigenvalue weighted by molar-refractivity contribution is 5.80. The van der Waals surface area contributed by atoms with E-state index in [2.05, 4.69) is 11.1 Å². The number of nitrogen functional groups attached to an aromatic ring is 1. The first kappa shape index (κ1) is 16.5. The van der Waals surface area contributed by atoms with Crippen LogP contribution in [0.4, 0.5) is 15.9 Å². The van der Waals surface area contributed by atoms with E-state index in [1.54, 1.807) is 24.3 Å². The van der Waals surface area contributed by atoms with Crippen LogP contribution in [0.25, 0.3) is 22.4 Å². The second kappa shape index (κ2) is 6.62. The van der Waals surface area contributed by atoms with Crippen molar-refractivity contribution >= 4 is 11.5 Å². The summed E-state index contributed by atoms with van der Waals surface area (Å²) in [6.07, 6.45) is 0. The van der Waals surface area contributed by atoms with Crippen molar-refractivity contribution in [1.29, 1.82) is 5.26 Å². The number of anilines is 2. The van der Waals surface area contributed by atoms with E-state index in [0.717, 1.165) is 11.3 Å². The first-order chi connectivity index (χ1) is 12.0. The Morgan fingerprint density at radius 1 is 1.04 bits per heavy atom. The summed E-state index contributed by atoms with van der Waals surface area (Å²) in [7, 11) is 3.91. The summed E-state index contributed by atoms with van der Waals surface area (Å²) in [6.45, 7) is 0. The Morgan fingerprint density at radius 3 is 2.32 bits per heavy atom. The number of aromatic nitrogens is 1. The molecule has 0 spiro atoms. The molecule has 2 N–H and O–H groups in total. The van der Waals surface area contributed by atoms with Gasteiger partial charge in [0.05, 0.1) is 5.69 Å². The summed E-state index contributed by atoms with van der Waals surface area (Å²) in [4.78, 5) is 6.20. The molecule has 0 amide bonds. The summed E-state index contributed by atoms with van der Waals surface area (Å²) in [5, 5.41) is 9.47. The number of halogens is 1. The van der Waals surface area contributed by atoms with Gasteiger partial charge in [0.25, 0.3) is 0 Å². The molecule has 25 heavy (non-hydrogen) atoms. The van der Waals surface area contributed by atoms with Crippen molar-refractivity contribution in [2.75, 3.05) is 24.7 Å². The van der Waals surface area contributed by atoms with Gasteiger partial charge in [-0.25, -0.2) is 9.37 Å². The molecule has 0 bridgehead atoms. The van der Waals surface area contributed by atoms with Crippen LogP contribution in [0.2, 0.25) is 0 Å². The fraction of sp³-hybridized carbons (Fsp3) is 0.100. The van der Waals surface area contributed by atoms with Crippen molar-refractivity contribution in [3.05, 3.63) is 66.0 Å². The lowest BCUT2D eigenvalue weighted by atomic mass is 9.98. The predicted molar refractivity (Wildman–Crippen MR) is 98.5 cm³/mol. The molecule has 3 aromatic rings. The normalized spacial score (nSPS) is 10.3. The highest BCUT2D eigenvalue weighted by atomic mass is 19.1. The minimum Gasteiger partial charge on any atom is -0.383 e. The van der Waals surface area contributed by atoms with E-state index in [1.165, 1.54) is 6.07 Å². The number of hydrogen-bond donors (Lipinski definition) is 1. The molecule has 0 aliphatic rings. The molecular formula is C20H17FN4. The number of pyridine rings is 1. The van der Waals surface area contributed by atoms with Gasteiger partial charge < -0.3 is 10.6 Å². The summed E-state index contributed by atoms with van der Waals surface area (Å²) in [5.41, 5.74) is 9.52. The second-order valence-electron chi connectivity index (χ2n) is 5.85. The fourth-order valence-corrected chi connectivity index (χ4v) is 2.66. The minimum atomic E-state index is -0.381.